The monoisotopic (exact) mass is 155 g/mol. The van der Waals surface area contributed by atoms with E-state index < -0.39 is 11.4 Å². The van der Waals surface area contributed by atoms with E-state index in [4.69, 9.17) is 5.11 Å². The summed E-state index contributed by atoms with van der Waals surface area (Å²) in [5.74, 6) is -1.14. The predicted octanol–water partition coefficient (Wildman–Crippen LogP) is -0.403. The lowest BCUT2D eigenvalue weighted by Gasteiger charge is -2.17. The van der Waals surface area contributed by atoms with Crippen molar-refractivity contribution in [2.45, 2.75) is 12.8 Å². The van der Waals surface area contributed by atoms with Crippen LogP contribution in [0.5, 0.6) is 0 Å². The second kappa shape index (κ2) is 1.75. The number of rotatable bonds is 1. The highest BCUT2D eigenvalue weighted by atomic mass is 16.4. The molecule has 2 rings (SSSR count). The van der Waals surface area contributed by atoms with Gasteiger partial charge in [0.25, 0.3) is 0 Å². The Morgan fingerprint density at radius 3 is 2.91 bits per heavy atom. The van der Waals surface area contributed by atoms with Gasteiger partial charge in [-0.1, -0.05) is 0 Å². The molecule has 2 aliphatic rings. The Labute approximate surface area is 63.6 Å². The van der Waals surface area contributed by atoms with Gasteiger partial charge in [-0.15, -0.1) is 0 Å². The highest BCUT2D eigenvalue weighted by molar-refractivity contribution is 6.06. The lowest BCUT2D eigenvalue weighted by Crippen LogP contribution is -2.42. The van der Waals surface area contributed by atoms with Crippen LogP contribution in [0, 0.1) is 11.3 Å². The average molecular weight is 155 g/mol. The molecule has 1 aliphatic carbocycles. The van der Waals surface area contributed by atoms with Crippen LogP contribution in [-0.2, 0) is 9.59 Å². The van der Waals surface area contributed by atoms with Gasteiger partial charge in [-0.25, -0.2) is 0 Å². The Kier molecular flexibility index (Phi) is 1.06. The number of aliphatic carboxylic acids is 1. The first-order valence-corrected chi connectivity index (χ1v) is 3.69. The van der Waals surface area contributed by atoms with Crippen LogP contribution in [0.3, 0.4) is 0 Å². The van der Waals surface area contributed by atoms with E-state index in [2.05, 4.69) is 5.32 Å². The quantitative estimate of drug-likeness (QED) is 0.506. The summed E-state index contributed by atoms with van der Waals surface area (Å²) in [5, 5.41) is 11.3. The summed E-state index contributed by atoms with van der Waals surface area (Å²) in [6.45, 7) is 0.637. The standard InChI is InChI=1S/C7H9NO3/c9-5-7(6(10)11)3-4(7)1-2-8-5/h4H,1-3H2,(H,8,9)(H,10,11). The molecule has 0 aromatic heterocycles. The fraction of sp³-hybridized carbons (Fsp3) is 0.714. The van der Waals surface area contributed by atoms with Crippen molar-refractivity contribution in [1.82, 2.24) is 5.32 Å². The minimum Gasteiger partial charge on any atom is -0.480 e. The van der Waals surface area contributed by atoms with Crippen LogP contribution in [0.1, 0.15) is 12.8 Å². The molecule has 4 heteroatoms. The van der Waals surface area contributed by atoms with Crippen LogP contribution in [0.2, 0.25) is 0 Å². The van der Waals surface area contributed by atoms with Gasteiger partial charge in [0.1, 0.15) is 5.41 Å². The van der Waals surface area contributed by atoms with E-state index in [-0.39, 0.29) is 11.8 Å². The molecular formula is C7H9NO3. The van der Waals surface area contributed by atoms with Gasteiger partial charge < -0.3 is 10.4 Å². The number of carbonyl (C=O) groups is 2. The van der Waals surface area contributed by atoms with E-state index in [1.54, 1.807) is 0 Å². The Morgan fingerprint density at radius 1 is 1.73 bits per heavy atom. The van der Waals surface area contributed by atoms with Crippen molar-refractivity contribution in [2.24, 2.45) is 11.3 Å². The third kappa shape index (κ3) is 0.640. The fourth-order valence-electron chi connectivity index (χ4n) is 1.83. The first-order chi connectivity index (χ1) is 5.18. The highest BCUT2D eigenvalue weighted by Crippen LogP contribution is 2.56. The van der Waals surface area contributed by atoms with Crippen molar-refractivity contribution in [3.05, 3.63) is 0 Å². The van der Waals surface area contributed by atoms with Crippen LogP contribution in [0.25, 0.3) is 0 Å². The van der Waals surface area contributed by atoms with Crippen molar-refractivity contribution in [2.75, 3.05) is 6.54 Å². The van der Waals surface area contributed by atoms with Gasteiger partial charge in [-0.3, -0.25) is 9.59 Å². The Bertz CT molecular complexity index is 238. The van der Waals surface area contributed by atoms with Crippen molar-refractivity contribution < 1.29 is 14.7 Å². The number of piperidine rings is 1. The summed E-state index contributed by atoms with van der Waals surface area (Å²) in [7, 11) is 0. The van der Waals surface area contributed by atoms with Gasteiger partial charge in [0.05, 0.1) is 0 Å². The molecule has 4 nitrogen and oxygen atoms in total. The van der Waals surface area contributed by atoms with Gasteiger partial charge in [0, 0.05) is 6.54 Å². The van der Waals surface area contributed by atoms with Crippen LogP contribution in [-0.4, -0.2) is 23.5 Å². The summed E-state index contributed by atoms with van der Waals surface area (Å²) in [5.41, 5.74) is -1.03. The zero-order valence-corrected chi connectivity index (χ0v) is 5.96. The molecule has 0 spiro atoms. The summed E-state index contributed by atoms with van der Waals surface area (Å²) in [6.07, 6.45) is 1.35. The summed E-state index contributed by atoms with van der Waals surface area (Å²) in [6, 6.07) is 0. The van der Waals surface area contributed by atoms with Crippen molar-refractivity contribution in [3.8, 4) is 0 Å². The molecule has 1 heterocycles. The molecule has 2 N–H and O–H groups in total. The molecule has 2 atom stereocenters. The molecule has 1 saturated heterocycles. The van der Waals surface area contributed by atoms with Crippen LogP contribution >= 0.6 is 0 Å². The molecule has 0 radical (unpaired) electrons. The van der Waals surface area contributed by atoms with Gasteiger partial charge >= 0.3 is 5.97 Å². The van der Waals surface area contributed by atoms with Crippen LogP contribution in [0.15, 0.2) is 0 Å². The number of amides is 1. The Balaban J connectivity index is 2.27. The molecule has 1 amide bonds. The minimum atomic E-state index is -1.03. The van der Waals surface area contributed by atoms with Crippen molar-refractivity contribution in [3.63, 3.8) is 0 Å². The third-order valence-electron chi connectivity index (χ3n) is 2.67. The van der Waals surface area contributed by atoms with Gasteiger partial charge in [-0.2, -0.15) is 0 Å². The second-order valence-electron chi connectivity index (χ2n) is 3.22. The van der Waals surface area contributed by atoms with E-state index in [9.17, 15) is 9.59 Å². The molecule has 2 unspecified atom stereocenters. The highest BCUT2D eigenvalue weighted by Gasteiger charge is 2.67. The Hall–Kier alpha value is -1.06. The van der Waals surface area contributed by atoms with Gasteiger partial charge in [-0.05, 0) is 18.8 Å². The number of carboxylic acid groups (broad SMARTS) is 1. The zero-order chi connectivity index (χ0) is 8.06. The SMILES string of the molecule is O=C(O)C12CC1CCNC2=O. The number of carbonyl (C=O) groups excluding carboxylic acids is 1. The molecule has 11 heavy (non-hydrogen) atoms. The summed E-state index contributed by atoms with van der Waals surface area (Å²) in [4.78, 5) is 21.8. The van der Waals surface area contributed by atoms with E-state index in [1.165, 1.54) is 0 Å². The number of nitrogens with one attached hydrogen (secondary N) is 1. The molecule has 0 aromatic rings. The first kappa shape index (κ1) is 6.64. The summed E-state index contributed by atoms with van der Waals surface area (Å²) >= 11 is 0. The minimum absolute atomic E-state index is 0.105. The topological polar surface area (TPSA) is 66.4 Å². The molecule has 60 valence electrons. The maximum absolute atomic E-state index is 11.1. The molecular weight excluding hydrogens is 146 g/mol. The van der Waals surface area contributed by atoms with E-state index in [0.29, 0.717) is 13.0 Å². The largest absolute Gasteiger partial charge is 0.480 e. The lowest BCUT2D eigenvalue weighted by atomic mass is 9.98. The normalized spacial score (nSPS) is 40.7. The first-order valence-electron chi connectivity index (χ1n) is 3.69. The van der Waals surface area contributed by atoms with Crippen LogP contribution in [0.4, 0.5) is 0 Å². The van der Waals surface area contributed by atoms with E-state index in [0.717, 1.165) is 6.42 Å². The average Bonchev–Trinajstić information content (AvgIpc) is 2.64. The second-order valence-corrected chi connectivity index (χ2v) is 3.22. The number of hydrogen-bond donors (Lipinski definition) is 2. The molecule has 0 aromatic carbocycles. The predicted molar refractivity (Wildman–Crippen MR) is 35.8 cm³/mol. The lowest BCUT2D eigenvalue weighted by molar-refractivity contribution is -0.150. The van der Waals surface area contributed by atoms with Gasteiger partial charge in [0.15, 0.2) is 0 Å². The summed E-state index contributed by atoms with van der Waals surface area (Å²) < 4.78 is 0. The van der Waals surface area contributed by atoms with E-state index >= 15 is 0 Å². The number of fused-ring (bicyclic) bond motifs is 1. The molecule has 2 fully saturated rings. The number of hydrogen-bond acceptors (Lipinski definition) is 2. The maximum Gasteiger partial charge on any atom is 0.319 e. The zero-order valence-electron chi connectivity index (χ0n) is 5.96. The van der Waals surface area contributed by atoms with Crippen LogP contribution < -0.4 is 5.32 Å². The van der Waals surface area contributed by atoms with Gasteiger partial charge in [0.2, 0.25) is 5.91 Å². The fourth-order valence-corrected chi connectivity index (χ4v) is 1.83. The third-order valence-corrected chi connectivity index (χ3v) is 2.67. The molecule has 1 aliphatic heterocycles. The molecule has 0 bridgehead atoms. The maximum atomic E-state index is 11.1. The van der Waals surface area contributed by atoms with Crippen molar-refractivity contribution in [1.29, 1.82) is 0 Å². The molecule has 1 saturated carbocycles. The van der Waals surface area contributed by atoms with Crippen molar-refractivity contribution >= 4 is 11.9 Å². The smallest absolute Gasteiger partial charge is 0.319 e. The van der Waals surface area contributed by atoms with E-state index in [1.807, 2.05) is 0 Å². The number of carboxylic acids is 1. The Morgan fingerprint density at radius 2 is 2.45 bits per heavy atom.